The maximum Gasteiger partial charge on any atom is 0.300 e. The molecule has 2 aliphatic rings. The maximum atomic E-state index is 9.00. The second-order valence-electron chi connectivity index (χ2n) is 9.05. The predicted molar refractivity (Wildman–Crippen MR) is 130 cm³/mol. The summed E-state index contributed by atoms with van der Waals surface area (Å²) in [5, 5.41) is 10.2. The smallest absolute Gasteiger partial charge is 0.300 e. The highest BCUT2D eigenvalue weighted by molar-refractivity contribution is 5.87. The van der Waals surface area contributed by atoms with E-state index in [0.717, 1.165) is 25.2 Å². The van der Waals surface area contributed by atoms with Crippen LogP contribution < -0.4 is 0 Å². The SMILES string of the molecule is CC(=O)O.CCc1ccc2c(c1)[C@@H](c1cccc3ccccc13)C1CC1Cc1cccn1-2. The molecular weight excluding hydrogens is 394 g/mol. The molecular formula is C29H29NO2. The standard InChI is InChI=1S/C27H25N.C2H4O2/c1-2-18-12-13-26-25(15-18)27(23-11-5-8-19-7-3-4-10-22(19)23)24-17-20(24)16-21-9-6-14-28(21)26;1-2(3)4/h3-15,20,24,27H,2,16-17H2,1H3;1H3,(H,3,4)/t20?,24?,27-;/m0./s1. The first-order valence-corrected chi connectivity index (χ1v) is 11.5. The summed E-state index contributed by atoms with van der Waals surface area (Å²) in [6, 6.07) is 27.5. The molecule has 32 heavy (non-hydrogen) atoms. The van der Waals surface area contributed by atoms with E-state index >= 15 is 0 Å². The van der Waals surface area contributed by atoms with E-state index in [0.29, 0.717) is 5.92 Å². The first-order valence-electron chi connectivity index (χ1n) is 11.5. The highest BCUT2D eigenvalue weighted by Crippen LogP contribution is 2.56. The van der Waals surface area contributed by atoms with Gasteiger partial charge in [0.1, 0.15) is 0 Å². The van der Waals surface area contributed by atoms with Crippen molar-refractivity contribution in [2.45, 2.75) is 39.0 Å². The number of carbonyl (C=O) groups is 1. The molecule has 3 heteroatoms. The summed E-state index contributed by atoms with van der Waals surface area (Å²) in [6.07, 6.45) is 5.88. The molecule has 4 aromatic rings. The molecule has 1 aliphatic carbocycles. The first-order chi connectivity index (χ1) is 15.6. The fourth-order valence-electron chi connectivity index (χ4n) is 5.44. The summed E-state index contributed by atoms with van der Waals surface area (Å²) < 4.78 is 2.45. The molecule has 1 saturated carbocycles. The van der Waals surface area contributed by atoms with Gasteiger partial charge in [-0.15, -0.1) is 0 Å². The van der Waals surface area contributed by atoms with Gasteiger partial charge in [0, 0.05) is 30.4 Å². The molecule has 2 heterocycles. The molecule has 1 aliphatic heterocycles. The molecule has 162 valence electrons. The van der Waals surface area contributed by atoms with Gasteiger partial charge in [-0.1, -0.05) is 61.5 Å². The maximum absolute atomic E-state index is 9.00. The third-order valence-electron chi connectivity index (χ3n) is 6.96. The van der Waals surface area contributed by atoms with Crippen LogP contribution >= 0.6 is 0 Å². The number of aromatic nitrogens is 1. The molecule has 3 nitrogen and oxygen atoms in total. The van der Waals surface area contributed by atoms with Crippen molar-refractivity contribution in [2.24, 2.45) is 11.8 Å². The third-order valence-corrected chi connectivity index (χ3v) is 6.96. The lowest BCUT2D eigenvalue weighted by Crippen LogP contribution is -2.15. The largest absolute Gasteiger partial charge is 0.481 e. The van der Waals surface area contributed by atoms with Crippen molar-refractivity contribution in [3.8, 4) is 5.69 Å². The molecule has 2 unspecified atom stereocenters. The number of aryl methyl sites for hydroxylation is 1. The molecule has 3 atom stereocenters. The van der Waals surface area contributed by atoms with Crippen LogP contribution in [0.4, 0.5) is 0 Å². The molecule has 1 N–H and O–H groups in total. The Hall–Kier alpha value is -3.33. The number of hydrogen-bond donors (Lipinski definition) is 1. The zero-order chi connectivity index (χ0) is 22.2. The molecule has 1 aromatic heterocycles. The Morgan fingerprint density at radius 3 is 2.59 bits per heavy atom. The summed E-state index contributed by atoms with van der Waals surface area (Å²) in [6.45, 7) is 3.35. The molecule has 3 aromatic carbocycles. The van der Waals surface area contributed by atoms with Crippen molar-refractivity contribution in [3.05, 3.63) is 101 Å². The van der Waals surface area contributed by atoms with Crippen LogP contribution in [0.15, 0.2) is 79.0 Å². The Morgan fingerprint density at radius 2 is 1.78 bits per heavy atom. The Labute approximate surface area is 189 Å². The van der Waals surface area contributed by atoms with Crippen molar-refractivity contribution in [1.29, 1.82) is 0 Å². The summed E-state index contributed by atoms with van der Waals surface area (Å²) >= 11 is 0. The quantitative estimate of drug-likeness (QED) is 0.394. The molecule has 0 amide bonds. The molecule has 0 saturated heterocycles. The molecule has 0 spiro atoms. The number of benzene rings is 3. The Balaban J connectivity index is 0.000000501. The van der Waals surface area contributed by atoms with E-state index < -0.39 is 5.97 Å². The number of carboxylic acid groups (broad SMARTS) is 1. The van der Waals surface area contributed by atoms with Crippen molar-refractivity contribution in [1.82, 2.24) is 4.57 Å². The van der Waals surface area contributed by atoms with Gasteiger partial charge >= 0.3 is 0 Å². The van der Waals surface area contributed by atoms with Crippen LogP contribution in [0.2, 0.25) is 0 Å². The van der Waals surface area contributed by atoms with Crippen molar-refractivity contribution >= 4 is 16.7 Å². The lowest BCUT2D eigenvalue weighted by molar-refractivity contribution is -0.134. The number of carboxylic acids is 1. The zero-order valence-electron chi connectivity index (χ0n) is 18.7. The van der Waals surface area contributed by atoms with Gasteiger partial charge in [0.2, 0.25) is 0 Å². The molecule has 0 bridgehead atoms. The number of fused-ring (bicyclic) bond motifs is 5. The first kappa shape index (κ1) is 20.6. The number of nitrogens with zero attached hydrogens (tertiary/aromatic N) is 1. The topological polar surface area (TPSA) is 42.2 Å². The molecule has 0 radical (unpaired) electrons. The fourth-order valence-corrected chi connectivity index (χ4v) is 5.44. The number of hydrogen-bond acceptors (Lipinski definition) is 1. The zero-order valence-corrected chi connectivity index (χ0v) is 18.7. The lowest BCUT2D eigenvalue weighted by atomic mass is 9.81. The Bertz CT molecular complexity index is 1280. The molecule has 6 rings (SSSR count). The van der Waals surface area contributed by atoms with Gasteiger partial charge in [-0.2, -0.15) is 0 Å². The van der Waals surface area contributed by atoms with Crippen LogP contribution in [0.25, 0.3) is 16.5 Å². The lowest BCUT2D eigenvalue weighted by Gasteiger charge is -2.27. The highest BCUT2D eigenvalue weighted by Gasteiger charge is 2.46. The Morgan fingerprint density at radius 1 is 1.00 bits per heavy atom. The van der Waals surface area contributed by atoms with E-state index in [1.54, 1.807) is 0 Å². The third kappa shape index (κ3) is 3.73. The van der Waals surface area contributed by atoms with E-state index in [2.05, 4.69) is 90.5 Å². The van der Waals surface area contributed by atoms with E-state index in [1.807, 2.05) is 0 Å². The van der Waals surface area contributed by atoms with Crippen molar-refractivity contribution in [3.63, 3.8) is 0 Å². The minimum absolute atomic E-state index is 0.480. The second kappa shape index (κ2) is 8.31. The van der Waals surface area contributed by atoms with Gasteiger partial charge in [-0.25, -0.2) is 0 Å². The Kier molecular flexibility index (Phi) is 5.34. The minimum atomic E-state index is -0.833. The van der Waals surface area contributed by atoms with E-state index in [-0.39, 0.29) is 0 Å². The van der Waals surface area contributed by atoms with E-state index in [9.17, 15) is 0 Å². The number of rotatable bonds is 2. The van der Waals surface area contributed by atoms with Gasteiger partial charge in [0.05, 0.1) is 0 Å². The van der Waals surface area contributed by atoms with Crippen molar-refractivity contribution < 1.29 is 9.90 Å². The molecule has 1 fully saturated rings. The number of aliphatic carboxylic acids is 1. The second-order valence-corrected chi connectivity index (χ2v) is 9.05. The van der Waals surface area contributed by atoms with Crippen LogP contribution in [0.5, 0.6) is 0 Å². The van der Waals surface area contributed by atoms with Gasteiger partial charge in [0.25, 0.3) is 5.97 Å². The van der Waals surface area contributed by atoms with Gasteiger partial charge < -0.3 is 9.67 Å². The summed E-state index contributed by atoms with van der Waals surface area (Å²) in [4.78, 5) is 9.00. The van der Waals surface area contributed by atoms with E-state index in [4.69, 9.17) is 9.90 Å². The summed E-state index contributed by atoms with van der Waals surface area (Å²) in [7, 11) is 0. The minimum Gasteiger partial charge on any atom is -0.481 e. The van der Waals surface area contributed by atoms with Crippen LogP contribution in [0.1, 0.15) is 48.6 Å². The van der Waals surface area contributed by atoms with Crippen LogP contribution in [-0.2, 0) is 17.6 Å². The van der Waals surface area contributed by atoms with Gasteiger partial charge in [-0.05, 0) is 76.8 Å². The van der Waals surface area contributed by atoms with Gasteiger partial charge in [-0.3, -0.25) is 4.79 Å². The monoisotopic (exact) mass is 423 g/mol. The summed E-state index contributed by atoms with van der Waals surface area (Å²) in [5.74, 6) is 1.20. The fraction of sp³-hybridized carbons (Fsp3) is 0.276. The van der Waals surface area contributed by atoms with Crippen LogP contribution in [-0.4, -0.2) is 15.6 Å². The average molecular weight is 424 g/mol. The highest BCUT2D eigenvalue weighted by atomic mass is 16.4. The van der Waals surface area contributed by atoms with Crippen LogP contribution in [0.3, 0.4) is 0 Å². The summed E-state index contributed by atoms with van der Waals surface area (Å²) in [5.41, 5.74) is 7.31. The predicted octanol–water partition coefficient (Wildman–Crippen LogP) is 6.61. The van der Waals surface area contributed by atoms with Gasteiger partial charge in [0.15, 0.2) is 0 Å². The van der Waals surface area contributed by atoms with E-state index in [1.165, 1.54) is 51.7 Å². The van der Waals surface area contributed by atoms with Crippen LogP contribution in [0, 0.1) is 11.8 Å². The normalized spacial score (nSPS) is 20.6. The van der Waals surface area contributed by atoms with Crippen molar-refractivity contribution in [2.75, 3.05) is 0 Å². The average Bonchev–Trinajstić information content (AvgIpc) is 3.36.